The molecule has 6 nitrogen and oxygen atoms in total. The Morgan fingerprint density at radius 2 is 1.83 bits per heavy atom. The topological polar surface area (TPSA) is 67.2 Å². The lowest BCUT2D eigenvalue weighted by molar-refractivity contribution is -0.133. The van der Waals surface area contributed by atoms with Gasteiger partial charge in [-0.2, -0.15) is 5.10 Å². The van der Waals surface area contributed by atoms with Gasteiger partial charge in [0, 0.05) is 18.1 Å². The van der Waals surface area contributed by atoms with Crippen molar-refractivity contribution < 1.29 is 9.59 Å². The van der Waals surface area contributed by atoms with Crippen LogP contribution in [0.1, 0.15) is 34.1 Å². The Morgan fingerprint density at radius 3 is 2.51 bits per heavy atom. The van der Waals surface area contributed by atoms with Crippen LogP contribution in [0.2, 0.25) is 5.02 Å². The SMILES string of the molecule is Cc1ccc(CN2C(=O)c3cc(-c4cccs4)nn3CC2(C)C(=O)NCc2ccc(Cl)cc2)cc1. The predicted molar refractivity (Wildman–Crippen MR) is 138 cm³/mol. The summed E-state index contributed by atoms with van der Waals surface area (Å²) in [6.45, 7) is 4.76. The number of nitrogens with one attached hydrogen (secondary N) is 1. The van der Waals surface area contributed by atoms with Crippen molar-refractivity contribution in [2.75, 3.05) is 0 Å². The van der Waals surface area contributed by atoms with E-state index in [1.54, 1.807) is 33.1 Å². The molecular formula is C27H25ClN4O2S. The van der Waals surface area contributed by atoms with Gasteiger partial charge in [-0.3, -0.25) is 14.3 Å². The molecule has 0 saturated carbocycles. The summed E-state index contributed by atoms with van der Waals surface area (Å²) < 4.78 is 1.67. The van der Waals surface area contributed by atoms with E-state index in [1.807, 2.05) is 73.8 Å². The van der Waals surface area contributed by atoms with Crippen LogP contribution in [0.15, 0.2) is 72.1 Å². The van der Waals surface area contributed by atoms with Crippen LogP contribution < -0.4 is 5.32 Å². The summed E-state index contributed by atoms with van der Waals surface area (Å²) in [5.41, 5.74) is 3.14. The molecule has 0 saturated heterocycles. The van der Waals surface area contributed by atoms with Crippen LogP contribution in [0, 0.1) is 6.92 Å². The van der Waals surface area contributed by atoms with Gasteiger partial charge in [-0.15, -0.1) is 11.3 Å². The Balaban J connectivity index is 1.47. The van der Waals surface area contributed by atoms with Crippen LogP contribution in [-0.4, -0.2) is 32.0 Å². The van der Waals surface area contributed by atoms with Gasteiger partial charge >= 0.3 is 0 Å². The zero-order valence-electron chi connectivity index (χ0n) is 19.5. The maximum absolute atomic E-state index is 13.8. The van der Waals surface area contributed by atoms with Gasteiger partial charge in [-0.25, -0.2) is 0 Å². The predicted octanol–water partition coefficient (Wildman–Crippen LogP) is 5.30. The average molecular weight is 505 g/mol. The molecule has 5 rings (SSSR count). The first-order valence-corrected chi connectivity index (χ1v) is 12.6. The third-order valence-corrected chi connectivity index (χ3v) is 7.53. The van der Waals surface area contributed by atoms with Crippen LogP contribution in [-0.2, 0) is 24.4 Å². The van der Waals surface area contributed by atoms with Crippen LogP contribution in [0.3, 0.4) is 0 Å². The molecule has 1 aliphatic heterocycles. The maximum atomic E-state index is 13.8. The third kappa shape index (κ3) is 4.61. The lowest BCUT2D eigenvalue weighted by Gasteiger charge is -2.43. The molecule has 35 heavy (non-hydrogen) atoms. The van der Waals surface area contributed by atoms with Crippen molar-refractivity contribution in [1.82, 2.24) is 20.0 Å². The number of thiophene rings is 1. The Kier molecular flexibility index (Phi) is 6.21. The van der Waals surface area contributed by atoms with E-state index in [0.717, 1.165) is 27.3 Å². The van der Waals surface area contributed by atoms with Crippen molar-refractivity contribution in [3.63, 3.8) is 0 Å². The van der Waals surface area contributed by atoms with Gasteiger partial charge in [0.25, 0.3) is 5.91 Å². The molecule has 4 aromatic rings. The van der Waals surface area contributed by atoms with E-state index in [1.165, 1.54) is 0 Å². The van der Waals surface area contributed by atoms with Gasteiger partial charge in [-0.1, -0.05) is 59.6 Å². The highest BCUT2D eigenvalue weighted by Crippen LogP contribution is 2.32. The minimum Gasteiger partial charge on any atom is -0.350 e. The first-order valence-electron chi connectivity index (χ1n) is 11.4. The molecule has 2 amide bonds. The molecule has 2 aromatic heterocycles. The quantitative estimate of drug-likeness (QED) is 0.387. The van der Waals surface area contributed by atoms with E-state index in [4.69, 9.17) is 11.6 Å². The van der Waals surface area contributed by atoms with E-state index in [0.29, 0.717) is 23.8 Å². The molecule has 1 N–H and O–H groups in total. The Morgan fingerprint density at radius 1 is 1.11 bits per heavy atom. The molecule has 0 bridgehead atoms. The fourth-order valence-electron chi connectivity index (χ4n) is 4.29. The number of fused-ring (bicyclic) bond motifs is 1. The summed E-state index contributed by atoms with van der Waals surface area (Å²) >= 11 is 7.56. The number of carbonyl (C=O) groups is 2. The molecule has 3 heterocycles. The fraction of sp³-hybridized carbons (Fsp3) is 0.222. The summed E-state index contributed by atoms with van der Waals surface area (Å²) in [5.74, 6) is -0.442. The second kappa shape index (κ2) is 9.32. The summed E-state index contributed by atoms with van der Waals surface area (Å²) in [4.78, 5) is 30.1. The highest BCUT2D eigenvalue weighted by Gasteiger charge is 2.48. The molecule has 1 atom stereocenters. The zero-order valence-corrected chi connectivity index (χ0v) is 21.1. The van der Waals surface area contributed by atoms with Gasteiger partial charge in [0.2, 0.25) is 5.91 Å². The average Bonchev–Trinajstić information content (AvgIpc) is 3.52. The van der Waals surface area contributed by atoms with E-state index in [2.05, 4.69) is 10.4 Å². The summed E-state index contributed by atoms with van der Waals surface area (Å²) in [5, 5.41) is 10.3. The summed E-state index contributed by atoms with van der Waals surface area (Å²) in [6, 6.07) is 21.1. The van der Waals surface area contributed by atoms with Crippen LogP contribution in [0.5, 0.6) is 0 Å². The highest BCUT2D eigenvalue weighted by molar-refractivity contribution is 7.13. The maximum Gasteiger partial charge on any atom is 0.273 e. The van der Waals surface area contributed by atoms with Crippen LogP contribution >= 0.6 is 22.9 Å². The molecule has 1 aliphatic rings. The number of aryl methyl sites for hydroxylation is 1. The Labute approximate surface area is 213 Å². The van der Waals surface area contributed by atoms with Crippen molar-refractivity contribution in [2.24, 2.45) is 0 Å². The highest BCUT2D eigenvalue weighted by atomic mass is 35.5. The normalized spacial score (nSPS) is 17.3. The number of aromatic nitrogens is 2. The number of rotatable bonds is 6. The zero-order chi connectivity index (χ0) is 24.6. The van der Waals surface area contributed by atoms with Crippen molar-refractivity contribution in [1.29, 1.82) is 0 Å². The van der Waals surface area contributed by atoms with Gasteiger partial charge < -0.3 is 10.2 Å². The first-order chi connectivity index (χ1) is 16.8. The lowest BCUT2D eigenvalue weighted by Crippen LogP contribution is -2.63. The summed E-state index contributed by atoms with van der Waals surface area (Å²) in [6.07, 6.45) is 0. The number of hydrogen-bond acceptors (Lipinski definition) is 4. The molecule has 2 aromatic carbocycles. The van der Waals surface area contributed by atoms with Gasteiger partial charge in [0.15, 0.2) is 0 Å². The van der Waals surface area contributed by atoms with Crippen molar-refractivity contribution >= 4 is 34.8 Å². The minimum absolute atomic E-state index is 0.212. The Bertz CT molecular complexity index is 1360. The van der Waals surface area contributed by atoms with Crippen LogP contribution in [0.25, 0.3) is 10.6 Å². The minimum atomic E-state index is -1.12. The molecule has 0 spiro atoms. The van der Waals surface area contributed by atoms with Crippen LogP contribution in [0.4, 0.5) is 0 Å². The van der Waals surface area contributed by atoms with E-state index >= 15 is 0 Å². The second-order valence-corrected chi connectivity index (χ2v) is 10.4. The van der Waals surface area contributed by atoms with Crippen molar-refractivity contribution in [3.05, 3.63) is 99.5 Å². The number of halogens is 1. The Hall–Kier alpha value is -3.42. The number of nitrogens with zero attached hydrogens (tertiary/aromatic N) is 3. The monoisotopic (exact) mass is 504 g/mol. The van der Waals surface area contributed by atoms with Gasteiger partial charge in [-0.05, 0) is 54.6 Å². The van der Waals surface area contributed by atoms with Gasteiger partial charge in [0.1, 0.15) is 16.9 Å². The van der Waals surface area contributed by atoms with Gasteiger partial charge in [0.05, 0.1) is 11.4 Å². The summed E-state index contributed by atoms with van der Waals surface area (Å²) in [7, 11) is 0. The number of benzene rings is 2. The largest absolute Gasteiger partial charge is 0.350 e. The number of amides is 2. The molecule has 0 fully saturated rings. The van der Waals surface area contributed by atoms with Crippen molar-refractivity contribution in [3.8, 4) is 10.6 Å². The third-order valence-electron chi connectivity index (χ3n) is 6.39. The molecule has 8 heteroatoms. The number of hydrogen-bond donors (Lipinski definition) is 1. The fourth-order valence-corrected chi connectivity index (χ4v) is 5.09. The smallest absolute Gasteiger partial charge is 0.273 e. The number of carbonyl (C=O) groups excluding carboxylic acids is 2. The molecule has 0 radical (unpaired) electrons. The molecule has 0 aliphatic carbocycles. The first kappa shape index (κ1) is 23.3. The molecule has 178 valence electrons. The molecular weight excluding hydrogens is 480 g/mol. The molecule has 1 unspecified atom stereocenters. The standard InChI is InChI=1S/C27H25ClN4O2S/c1-18-5-7-20(8-6-18)16-31-25(33)23-14-22(24-4-3-13-35-24)30-32(23)17-27(31,2)26(34)29-15-19-9-11-21(28)12-10-19/h3-14H,15-17H2,1-2H3,(H,29,34). The van der Waals surface area contributed by atoms with E-state index < -0.39 is 5.54 Å². The lowest BCUT2D eigenvalue weighted by atomic mass is 9.94. The van der Waals surface area contributed by atoms with E-state index in [-0.39, 0.29) is 18.4 Å². The van der Waals surface area contributed by atoms with Crippen molar-refractivity contribution in [2.45, 2.75) is 39.0 Å². The second-order valence-electron chi connectivity index (χ2n) is 9.01. The van der Waals surface area contributed by atoms with E-state index in [9.17, 15) is 9.59 Å².